The molecule has 0 radical (unpaired) electrons. The zero-order valence-electron chi connectivity index (χ0n) is 22.5. The maximum Gasteiger partial charge on any atom is 0.262 e. The Kier molecular flexibility index (Phi) is 6.52. The molecule has 1 fully saturated rings. The van der Waals surface area contributed by atoms with Crippen LogP contribution in [0.5, 0.6) is 0 Å². The average Bonchev–Trinajstić information content (AvgIpc) is 3.55. The van der Waals surface area contributed by atoms with E-state index in [2.05, 4.69) is 21.9 Å². The second-order valence-electron chi connectivity index (χ2n) is 10.8. The minimum absolute atomic E-state index is 0.0500. The molecule has 4 heterocycles. The Morgan fingerprint density at radius 3 is 2.39 bits per heavy atom. The van der Waals surface area contributed by atoms with Crippen LogP contribution >= 0.6 is 11.6 Å². The molecule has 2 aliphatic heterocycles. The molecule has 9 heteroatoms. The number of imidazole rings is 1. The molecule has 2 aromatic carbocycles. The second kappa shape index (κ2) is 10.4. The van der Waals surface area contributed by atoms with Crippen LogP contribution in [0.25, 0.3) is 22.4 Å². The van der Waals surface area contributed by atoms with Gasteiger partial charge in [0.2, 0.25) is 0 Å². The van der Waals surface area contributed by atoms with E-state index in [1.807, 2.05) is 41.0 Å². The minimum Gasteiger partial charge on any atom is -0.358 e. The topological polar surface area (TPSA) is 90.2 Å². The molecule has 2 amide bonds. The molecule has 1 saturated heterocycles. The monoisotopic (exact) mass is 565 g/mol. The van der Waals surface area contributed by atoms with Crippen LogP contribution in [-0.4, -0.2) is 42.8 Å². The van der Waals surface area contributed by atoms with E-state index in [9.17, 15) is 9.59 Å². The van der Waals surface area contributed by atoms with Crippen LogP contribution in [0.15, 0.2) is 83.9 Å². The van der Waals surface area contributed by atoms with Crippen molar-refractivity contribution in [1.29, 1.82) is 0 Å². The maximum absolute atomic E-state index is 13.6. The van der Waals surface area contributed by atoms with Gasteiger partial charge in [-0.1, -0.05) is 61.0 Å². The maximum atomic E-state index is 13.6. The van der Waals surface area contributed by atoms with E-state index in [-0.39, 0.29) is 24.0 Å². The summed E-state index contributed by atoms with van der Waals surface area (Å²) in [6.45, 7) is 2.81. The molecule has 0 bridgehead atoms. The number of rotatable bonds is 5. The summed E-state index contributed by atoms with van der Waals surface area (Å²) in [5, 5.41) is 0.753. The molecule has 1 aliphatic carbocycles. The SMILES string of the molecule is CC1CC(Cl)=CC=C1C(c1ccc(-c2ncnc3c2ncn3C2CCCCO2)cc1)N1C(=O)c2ccccc2C1=O. The number of aromatic nitrogens is 4. The van der Waals surface area contributed by atoms with Crippen LogP contribution in [0.1, 0.15) is 71.2 Å². The molecular formula is C32H28ClN5O3. The van der Waals surface area contributed by atoms with Gasteiger partial charge in [0.05, 0.1) is 23.5 Å². The van der Waals surface area contributed by atoms with Crippen molar-refractivity contribution in [3.05, 3.63) is 101 Å². The predicted molar refractivity (Wildman–Crippen MR) is 155 cm³/mol. The second-order valence-corrected chi connectivity index (χ2v) is 11.3. The van der Waals surface area contributed by atoms with Crippen LogP contribution in [0, 0.1) is 5.92 Å². The number of allylic oxidation sites excluding steroid dienone is 3. The number of imide groups is 1. The van der Waals surface area contributed by atoms with E-state index in [1.54, 1.807) is 36.9 Å². The normalized spacial score (nSPS) is 21.6. The summed E-state index contributed by atoms with van der Waals surface area (Å²) in [6, 6.07) is 14.3. The zero-order chi connectivity index (χ0) is 28.1. The highest BCUT2D eigenvalue weighted by atomic mass is 35.5. The van der Waals surface area contributed by atoms with E-state index in [0.717, 1.165) is 53.2 Å². The van der Waals surface area contributed by atoms with Gasteiger partial charge in [0.1, 0.15) is 23.8 Å². The molecule has 41 heavy (non-hydrogen) atoms. The van der Waals surface area contributed by atoms with Crippen molar-refractivity contribution >= 4 is 34.6 Å². The highest BCUT2D eigenvalue weighted by Crippen LogP contribution is 2.42. The molecule has 2 aromatic heterocycles. The number of carbonyl (C=O) groups is 2. The van der Waals surface area contributed by atoms with Gasteiger partial charge in [-0.15, -0.1) is 0 Å². The Morgan fingerprint density at radius 2 is 1.71 bits per heavy atom. The number of halogens is 1. The molecule has 7 rings (SSSR count). The molecule has 3 aliphatic rings. The molecule has 3 unspecified atom stereocenters. The standard InChI is InChI=1S/C32H28ClN5O3/c1-19-16-22(33)13-14-23(19)29(38-31(39)24-6-2-3-7-25(24)32(38)40)21-11-9-20(10-12-21)27-28-30(35-17-34-27)37(18-36-28)26-8-4-5-15-41-26/h2-3,6-7,9-14,17-19,26,29H,4-5,8,15-16H2,1H3. The van der Waals surface area contributed by atoms with Crippen LogP contribution in [0.2, 0.25) is 0 Å². The summed E-state index contributed by atoms with van der Waals surface area (Å²) in [7, 11) is 0. The lowest BCUT2D eigenvalue weighted by Gasteiger charge is -2.33. The van der Waals surface area contributed by atoms with Gasteiger partial charge >= 0.3 is 0 Å². The number of nitrogens with zero attached hydrogens (tertiary/aromatic N) is 5. The first-order valence-corrected chi connectivity index (χ1v) is 14.3. The molecule has 4 aromatic rings. The first kappa shape index (κ1) is 25.8. The highest BCUT2D eigenvalue weighted by Gasteiger charge is 2.42. The summed E-state index contributed by atoms with van der Waals surface area (Å²) in [5.41, 5.74) is 5.68. The summed E-state index contributed by atoms with van der Waals surface area (Å²) in [6.07, 6.45) is 10.8. The molecule has 0 saturated carbocycles. The van der Waals surface area contributed by atoms with Crippen molar-refractivity contribution in [3.63, 3.8) is 0 Å². The van der Waals surface area contributed by atoms with E-state index in [0.29, 0.717) is 28.8 Å². The van der Waals surface area contributed by atoms with E-state index >= 15 is 0 Å². The van der Waals surface area contributed by atoms with Crippen LogP contribution in [0.3, 0.4) is 0 Å². The summed E-state index contributed by atoms with van der Waals surface area (Å²) < 4.78 is 7.95. The van der Waals surface area contributed by atoms with Gasteiger partial charge in [-0.25, -0.2) is 15.0 Å². The smallest absolute Gasteiger partial charge is 0.262 e. The van der Waals surface area contributed by atoms with Crippen molar-refractivity contribution in [2.75, 3.05) is 6.61 Å². The van der Waals surface area contributed by atoms with Crippen LogP contribution < -0.4 is 0 Å². The fourth-order valence-electron chi connectivity index (χ4n) is 6.16. The Labute approximate surface area is 242 Å². The molecule has 206 valence electrons. The number of ether oxygens (including phenoxy) is 1. The predicted octanol–water partition coefficient (Wildman–Crippen LogP) is 6.62. The number of carbonyl (C=O) groups excluding carboxylic acids is 2. The minimum atomic E-state index is -0.569. The van der Waals surface area contributed by atoms with Gasteiger partial charge in [0.25, 0.3) is 11.8 Å². The molecule has 8 nitrogen and oxygen atoms in total. The third-order valence-electron chi connectivity index (χ3n) is 8.25. The molecule has 3 atom stereocenters. The van der Waals surface area contributed by atoms with E-state index < -0.39 is 6.04 Å². The average molecular weight is 566 g/mol. The van der Waals surface area contributed by atoms with Gasteiger partial charge in [0, 0.05) is 17.2 Å². The van der Waals surface area contributed by atoms with E-state index in [1.165, 1.54) is 4.90 Å². The van der Waals surface area contributed by atoms with Gasteiger partial charge < -0.3 is 4.74 Å². The van der Waals surface area contributed by atoms with Gasteiger partial charge in [-0.3, -0.25) is 19.1 Å². The third kappa shape index (κ3) is 4.38. The number of amides is 2. The van der Waals surface area contributed by atoms with Crippen molar-refractivity contribution in [2.45, 2.75) is 44.9 Å². The third-order valence-corrected chi connectivity index (χ3v) is 8.53. The van der Waals surface area contributed by atoms with Crippen molar-refractivity contribution < 1.29 is 14.3 Å². The number of hydrogen-bond donors (Lipinski definition) is 0. The van der Waals surface area contributed by atoms with Crippen LogP contribution in [0.4, 0.5) is 0 Å². The first-order valence-electron chi connectivity index (χ1n) is 13.9. The van der Waals surface area contributed by atoms with Crippen molar-refractivity contribution in [3.8, 4) is 11.3 Å². The number of fused-ring (bicyclic) bond motifs is 2. The fraction of sp³-hybridized carbons (Fsp3) is 0.281. The number of benzene rings is 2. The lowest BCUT2D eigenvalue weighted by molar-refractivity contribution is -0.0298. The summed E-state index contributed by atoms with van der Waals surface area (Å²) in [4.78, 5) is 42.3. The zero-order valence-corrected chi connectivity index (χ0v) is 23.3. The first-order chi connectivity index (χ1) is 20.0. The van der Waals surface area contributed by atoms with Gasteiger partial charge in [0.15, 0.2) is 5.65 Å². The van der Waals surface area contributed by atoms with E-state index in [4.69, 9.17) is 16.3 Å². The highest BCUT2D eigenvalue weighted by molar-refractivity contribution is 6.29. The largest absolute Gasteiger partial charge is 0.358 e. The van der Waals surface area contributed by atoms with Gasteiger partial charge in [-0.2, -0.15) is 0 Å². The molecule has 0 N–H and O–H groups in total. The Morgan fingerprint density at radius 1 is 0.951 bits per heavy atom. The molecule has 0 spiro atoms. The lowest BCUT2D eigenvalue weighted by Crippen LogP contribution is -2.36. The van der Waals surface area contributed by atoms with Crippen molar-refractivity contribution in [2.24, 2.45) is 5.92 Å². The van der Waals surface area contributed by atoms with Crippen LogP contribution in [-0.2, 0) is 4.74 Å². The summed E-state index contributed by atoms with van der Waals surface area (Å²) in [5.74, 6) is -0.531. The van der Waals surface area contributed by atoms with Crippen molar-refractivity contribution in [1.82, 2.24) is 24.4 Å². The number of hydrogen-bond acceptors (Lipinski definition) is 6. The Balaban J connectivity index is 1.28. The Bertz CT molecular complexity index is 1700. The van der Waals surface area contributed by atoms with Gasteiger partial charge in [-0.05, 0) is 60.9 Å². The quantitative estimate of drug-likeness (QED) is 0.253. The molecular weight excluding hydrogens is 538 g/mol. The lowest BCUT2D eigenvalue weighted by atomic mass is 9.83. The fourth-order valence-corrected chi connectivity index (χ4v) is 6.46. The summed E-state index contributed by atoms with van der Waals surface area (Å²) >= 11 is 6.35. The Hall–Kier alpha value is -4.14.